The molecule has 2 heterocycles. The van der Waals surface area contributed by atoms with Crippen LogP contribution in [0.4, 0.5) is 11.4 Å². The zero-order valence-corrected chi connectivity index (χ0v) is 15.3. The fourth-order valence-electron chi connectivity index (χ4n) is 3.58. The molecule has 0 fully saturated rings. The van der Waals surface area contributed by atoms with Gasteiger partial charge in [0.15, 0.2) is 5.52 Å². The third kappa shape index (κ3) is 3.27. The number of anilines is 1. The van der Waals surface area contributed by atoms with E-state index in [4.69, 9.17) is 0 Å². The molecule has 0 saturated heterocycles. The highest BCUT2D eigenvalue weighted by Gasteiger charge is 2.18. The second-order valence-electron chi connectivity index (χ2n) is 6.83. The minimum absolute atomic E-state index is 0.0265. The summed E-state index contributed by atoms with van der Waals surface area (Å²) in [5, 5.41) is 26.4. The van der Waals surface area contributed by atoms with Crippen LogP contribution in [0.2, 0.25) is 0 Å². The van der Waals surface area contributed by atoms with Crippen LogP contribution in [0.15, 0.2) is 54.7 Å². The zero-order valence-electron chi connectivity index (χ0n) is 15.3. The molecule has 4 rings (SSSR count). The van der Waals surface area contributed by atoms with E-state index in [1.54, 1.807) is 19.1 Å². The van der Waals surface area contributed by atoms with Gasteiger partial charge >= 0.3 is 0 Å². The number of non-ortho nitro benzene ring substituents is 1. The molecule has 0 aliphatic rings. The number of aromatic nitrogens is 2. The third-order valence-corrected chi connectivity index (χ3v) is 4.86. The first-order chi connectivity index (χ1) is 13.6. The first-order valence-corrected chi connectivity index (χ1v) is 9.04. The van der Waals surface area contributed by atoms with Gasteiger partial charge in [0.05, 0.1) is 17.6 Å². The maximum absolute atomic E-state index is 11.4. The fraction of sp³-hybridized carbons (Fsp3) is 0.190. The van der Waals surface area contributed by atoms with Crippen LogP contribution in [-0.4, -0.2) is 32.6 Å². The van der Waals surface area contributed by atoms with Gasteiger partial charge in [-0.3, -0.25) is 10.1 Å². The lowest BCUT2D eigenvalue weighted by Gasteiger charge is -2.19. The number of hydrogen-bond acceptors (Lipinski definition) is 5. The zero-order chi connectivity index (χ0) is 19.7. The first-order valence-electron chi connectivity index (χ1n) is 9.04. The Bertz CT molecular complexity index is 1170. The molecule has 2 aromatic heterocycles. The van der Waals surface area contributed by atoms with Crippen molar-refractivity contribution in [3.63, 3.8) is 0 Å². The maximum Gasteiger partial charge on any atom is 0.295 e. The van der Waals surface area contributed by atoms with Crippen molar-refractivity contribution < 1.29 is 10.0 Å². The second-order valence-corrected chi connectivity index (χ2v) is 6.83. The number of hydrogen-bond donors (Lipinski definition) is 3. The lowest BCUT2D eigenvalue weighted by molar-refractivity contribution is -0.383. The first kappa shape index (κ1) is 17.9. The van der Waals surface area contributed by atoms with Crippen LogP contribution >= 0.6 is 0 Å². The van der Waals surface area contributed by atoms with Gasteiger partial charge in [-0.15, -0.1) is 0 Å². The molecule has 0 radical (unpaired) electrons. The van der Waals surface area contributed by atoms with E-state index in [2.05, 4.69) is 15.3 Å². The molecule has 7 nitrogen and oxygen atoms in total. The number of fused-ring (bicyclic) bond motifs is 2. The van der Waals surface area contributed by atoms with Crippen LogP contribution < -0.4 is 5.32 Å². The van der Waals surface area contributed by atoms with Crippen LogP contribution in [0.5, 0.6) is 0 Å². The number of aryl methyl sites for hydroxylation is 1. The summed E-state index contributed by atoms with van der Waals surface area (Å²) in [4.78, 5) is 18.5. The summed E-state index contributed by atoms with van der Waals surface area (Å²) in [5.74, 6) is 0. The molecule has 28 heavy (non-hydrogen) atoms. The van der Waals surface area contributed by atoms with Crippen molar-refractivity contribution in [2.24, 2.45) is 0 Å². The summed E-state index contributed by atoms with van der Waals surface area (Å²) in [6.07, 6.45) is 2.56. The number of H-pyrrole nitrogens is 1. The summed E-state index contributed by atoms with van der Waals surface area (Å²) >= 11 is 0. The summed E-state index contributed by atoms with van der Waals surface area (Å²) < 4.78 is 0. The van der Waals surface area contributed by atoms with Crippen LogP contribution in [0.25, 0.3) is 21.8 Å². The Morgan fingerprint density at radius 1 is 1.21 bits per heavy atom. The fourth-order valence-corrected chi connectivity index (χ4v) is 3.58. The number of benzene rings is 2. The highest BCUT2D eigenvalue weighted by molar-refractivity contribution is 5.96. The second kappa shape index (κ2) is 7.28. The molecule has 1 unspecified atom stereocenters. The Kier molecular flexibility index (Phi) is 4.67. The van der Waals surface area contributed by atoms with Crippen molar-refractivity contribution >= 4 is 33.2 Å². The molecule has 3 N–H and O–H groups in total. The Labute approximate surface area is 161 Å². The monoisotopic (exact) mass is 376 g/mol. The van der Waals surface area contributed by atoms with E-state index in [0.29, 0.717) is 23.0 Å². The Morgan fingerprint density at radius 3 is 2.79 bits per heavy atom. The molecule has 4 aromatic rings. The van der Waals surface area contributed by atoms with E-state index in [-0.39, 0.29) is 18.3 Å². The van der Waals surface area contributed by atoms with E-state index in [1.165, 1.54) is 6.07 Å². The van der Waals surface area contributed by atoms with Crippen molar-refractivity contribution in [2.45, 2.75) is 19.4 Å². The number of nitro benzene ring substituents is 1. The molecule has 2 aromatic carbocycles. The maximum atomic E-state index is 11.4. The van der Waals surface area contributed by atoms with Crippen molar-refractivity contribution in [1.29, 1.82) is 0 Å². The molecule has 7 heteroatoms. The van der Waals surface area contributed by atoms with Gasteiger partial charge in [0.2, 0.25) is 0 Å². The normalized spacial score (nSPS) is 12.4. The number of nitrogens with zero attached hydrogens (tertiary/aromatic N) is 2. The number of pyridine rings is 1. The van der Waals surface area contributed by atoms with Crippen molar-refractivity contribution in [3.8, 4) is 0 Å². The molecule has 0 aliphatic carbocycles. The van der Waals surface area contributed by atoms with Gasteiger partial charge in [-0.1, -0.05) is 30.3 Å². The van der Waals surface area contributed by atoms with Gasteiger partial charge < -0.3 is 15.4 Å². The van der Waals surface area contributed by atoms with E-state index in [0.717, 1.165) is 22.2 Å². The minimum atomic E-state index is -0.423. The van der Waals surface area contributed by atoms with E-state index < -0.39 is 4.92 Å². The Morgan fingerprint density at radius 2 is 2.00 bits per heavy atom. The summed E-state index contributed by atoms with van der Waals surface area (Å²) in [5.41, 5.74) is 3.87. The highest BCUT2D eigenvalue weighted by atomic mass is 16.6. The molecule has 0 spiro atoms. The van der Waals surface area contributed by atoms with Crippen molar-refractivity contribution in [1.82, 2.24) is 9.97 Å². The number of aromatic amines is 1. The minimum Gasteiger partial charge on any atom is -0.394 e. The SMILES string of the molecule is Cc1cc(NC(CO)Cc2c[nH]c3ccccc23)c2cccc([N+](=O)[O-])c2n1. The smallest absolute Gasteiger partial charge is 0.295 e. The van der Waals surface area contributed by atoms with E-state index in [9.17, 15) is 15.2 Å². The number of rotatable bonds is 6. The summed E-state index contributed by atoms with van der Waals surface area (Å²) in [6, 6.07) is 14.5. The largest absolute Gasteiger partial charge is 0.394 e. The van der Waals surface area contributed by atoms with Gasteiger partial charge in [0, 0.05) is 39.9 Å². The molecule has 0 saturated carbocycles. The predicted octanol–water partition coefficient (Wildman–Crippen LogP) is 3.95. The van der Waals surface area contributed by atoms with Crippen LogP contribution in [0.1, 0.15) is 11.3 Å². The summed E-state index contributed by atoms with van der Waals surface area (Å²) in [6.45, 7) is 1.73. The average molecular weight is 376 g/mol. The van der Waals surface area contributed by atoms with Crippen LogP contribution in [0, 0.1) is 17.0 Å². The lowest BCUT2D eigenvalue weighted by Crippen LogP contribution is -2.26. The Balaban J connectivity index is 1.69. The Hall–Kier alpha value is -3.45. The average Bonchev–Trinajstić information content (AvgIpc) is 3.09. The molecule has 0 amide bonds. The van der Waals surface area contributed by atoms with Gasteiger partial charge in [0.1, 0.15) is 0 Å². The number of aliphatic hydroxyl groups is 1. The number of para-hydroxylation sites is 2. The number of nitrogens with one attached hydrogen (secondary N) is 2. The molecule has 0 bridgehead atoms. The van der Waals surface area contributed by atoms with E-state index >= 15 is 0 Å². The van der Waals surface area contributed by atoms with Gasteiger partial charge in [-0.05, 0) is 31.0 Å². The van der Waals surface area contributed by atoms with Crippen LogP contribution in [-0.2, 0) is 6.42 Å². The molecule has 142 valence electrons. The van der Waals surface area contributed by atoms with E-state index in [1.807, 2.05) is 36.5 Å². The molecule has 0 aliphatic heterocycles. The summed E-state index contributed by atoms with van der Waals surface area (Å²) in [7, 11) is 0. The van der Waals surface area contributed by atoms with Gasteiger partial charge in [-0.2, -0.15) is 0 Å². The van der Waals surface area contributed by atoms with Crippen LogP contribution in [0.3, 0.4) is 0 Å². The third-order valence-electron chi connectivity index (χ3n) is 4.86. The highest BCUT2D eigenvalue weighted by Crippen LogP contribution is 2.30. The molecular formula is C21H20N4O3. The molecule has 1 atom stereocenters. The van der Waals surface area contributed by atoms with Crippen molar-refractivity contribution in [2.75, 3.05) is 11.9 Å². The predicted molar refractivity (Wildman–Crippen MR) is 110 cm³/mol. The quantitative estimate of drug-likeness (QED) is 0.349. The number of aliphatic hydroxyl groups excluding tert-OH is 1. The molecular weight excluding hydrogens is 356 g/mol. The van der Waals surface area contributed by atoms with Gasteiger partial charge in [-0.25, -0.2) is 4.98 Å². The standard InChI is InChI=1S/C21H20N4O3/c1-13-9-19(17-6-4-8-20(25(27)28)21(17)23-13)24-15(12-26)10-14-11-22-18-7-3-2-5-16(14)18/h2-9,11,15,22,26H,10,12H2,1H3,(H,23,24). The van der Waals surface area contributed by atoms with Gasteiger partial charge in [0.25, 0.3) is 5.69 Å². The topological polar surface area (TPSA) is 104 Å². The van der Waals surface area contributed by atoms with Crippen molar-refractivity contribution in [3.05, 3.63) is 76.1 Å². The number of nitro groups is 1. The lowest BCUT2D eigenvalue weighted by atomic mass is 10.0.